The molecule has 0 N–H and O–H groups in total. The lowest BCUT2D eigenvalue weighted by molar-refractivity contribution is 0.105. The van der Waals surface area contributed by atoms with Gasteiger partial charge in [0.25, 0.3) is 0 Å². The maximum absolute atomic E-state index is 11.8. The van der Waals surface area contributed by atoms with Gasteiger partial charge in [0.2, 0.25) is 0 Å². The third kappa shape index (κ3) is 2.92. The molecule has 0 radical (unpaired) electrons. The Balaban J connectivity index is 2.16. The van der Waals surface area contributed by atoms with Gasteiger partial charge in [-0.25, -0.2) is 0 Å². The maximum atomic E-state index is 11.8. The van der Waals surface area contributed by atoms with Crippen molar-refractivity contribution in [1.29, 1.82) is 0 Å². The summed E-state index contributed by atoms with van der Waals surface area (Å²) >= 11 is 4.78. The van der Waals surface area contributed by atoms with Gasteiger partial charge in [-0.1, -0.05) is 0 Å². The lowest BCUT2D eigenvalue weighted by Gasteiger charge is -1.89. The summed E-state index contributed by atoms with van der Waals surface area (Å²) < 4.78 is 2.70. The summed E-state index contributed by atoms with van der Waals surface area (Å²) in [6.45, 7) is 1.92. The molecule has 3 nitrogen and oxygen atoms in total. The average Bonchev–Trinajstić information content (AvgIpc) is 2.82. The second kappa shape index (κ2) is 4.98. The third-order valence-corrected chi connectivity index (χ3v) is 3.92. The largest absolute Gasteiger partial charge is 0.288 e. The summed E-state index contributed by atoms with van der Waals surface area (Å²) in [5.41, 5.74) is 1.89. The normalized spacial score (nSPS) is 11.2. The zero-order valence-corrected chi connectivity index (χ0v) is 11.9. The fraction of sp³-hybridized carbons (Fsp3) is 0.167. The quantitative estimate of drug-likeness (QED) is 0.643. The Hall–Kier alpha value is -1.20. The van der Waals surface area contributed by atoms with Crippen LogP contribution < -0.4 is 0 Å². The van der Waals surface area contributed by atoms with Crippen LogP contribution >= 0.6 is 27.3 Å². The van der Waals surface area contributed by atoms with Gasteiger partial charge in [-0.05, 0) is 47.1 Å². The highest BCUT2D eigenvalue weighted by Crippen LogP contribution is 2.22. The van der Waals surface area contributed by atoms with E-state index in [0.29, 0.717) is 0 Å². The number of aryl methyl sites for hydroxylation is 2. The SMILES string of the molecule is Cc1nn(C)cc1C=CC(=O)c1ccc(Br)s1. The number of halogens is 1. The predicted octanol–water partition coefficient (Wildman–Crippen LogP) is 3.45. The van der Waals surface area contributed by atoms with Crippen molar-refractivity contribution in [3.63, 3.8) is 0 Å². The van der Waals surface area contributed by atoms with Crippen LogP contribution in [-0.2, 0) is 7.05 Å². The first-order valence-electron chi connectivity index (χ1n) is 5.04. The van der Waals surface area contributed by atoms with Gasteiger partial charge in [0.1, 0.15) is 0 Å². The number of nitrogens with zero attached hydrogens (tertiary/aromatic N) is 2. The van der Waals surface area contributed by atoms with Gasteiger partial charge in [-0.2, -0.15) is 5.10 Å². The number of aromatic nitrogens is 2. The van der Waals surface area contributed by atoms with Gasteiger partial charge in [0.15, 0.2) is 5.78 Å². The van der Waals surface area contributed by atoms with Crippen LogP contribution in [0.5, 0.6) is 0 Å². The zero-order chi connectivity index (χ0) is 12.4. The third-order valence-electron chi connectivity index (χ3n) is 2.28. The minimum Gasteiger partial charge on any atom is -0.288 e. The molecule has 0 aliphatic heterocycles. The Bertz CT molecular complexity index is 583. The number of thiophene rings is 1. The van der Waals surface area contributed by atoms with Crippen LogP contribution in [-0.4, -0.2) is 15.6 Å². The van der Waals surface area contributed by atoms with Crippen LogP contribution in [0.4, 0.5) is 0 Å². The summed E-state index contributed by atoms with van der Waals surface area (Å²) in [5, 5.41) is 4.22. The molecule has 2 rings (SSSR count). The highest BCUT2D eigenvalue weighted by atomic mass is 79.9. The van der Waals surface area contributed by atoms with Crippen LogP contribution in [0.15, 0.2) is 28.2 Å². The van der Waals surface area contributed by atoms with Crippen LogP contribution in [0, 0.1) is 6.92 Å². The number of hydrogen-bond donors (Lipinski definition) is 0. The molecule has 0 aliphatic rings. The molecule has 0 spiro atoms. The van der Waals surface area contributed by atoms with Gasteiger partial charge in [0, 0.05) is 18.8 Å². The zero-order valence-electron chi connectivity index (χ0n) is 9.48. The molecule has 0 saturated carbocycles. The lowest BCUT2D eigenvalue weighted by Crippen LogP contribution is -1.88. The fourth-order valence-corrected chi connectivity index (χ4v) is 2.78. The molecule has 0 fully saturated rings. The van der Waals surface area contributed by atoms with E-state index in [-0.39, 0.29) is 5.78 Å². The molecule has 17 heavy (non-hydrogen) atoms. The molecule has 5 heteroatoms. The van der Waals surface area contributed by atoms with Crippen LogP contribution in [0.2, 0.25) is 0 Å². The van der Waals surface area contributed by atoms with Crippen molar-refractivity contribution in [3.05, 3.63) is 44.3 Å². The van der Waals surface area contributed by atoms with Crippen LogP contribution in [0.1, 0.15) is 20.9 Å². The number of allylic oxidation sites excluding steroid dienone is 1. The van der Waals surface area contributed by atoms with E-state index in [2.05, 4.69) is 21.0 Å². The molecule has 0 aromatic carbocycles. The van der Waals surface area contributed by atoms with E-state index in [0.717, 1.165) is 19.9 Å². The lowest BCUT2D eigenvalue weighted by atomic mass is 10.2. The van der Waals surface area contributed by atoms with Crippen molar-refractivity contribution < 1.29 is 4.79 Å². The minimum atomic E-state index is 0.0175. The first-order chi connectivity index (χ1) is 8.06. The summed E-state index contributed by atoms with van der Waals surface area (Å²) in [6.07, 6.45) is 5.28. The van der Waals surface area contributed by atoms with Gasteiger partial charge in [0.05, 0.1) is 14.4 Å². The van der Waals surface area contributed by atoms with Crippen molar-refractivity contribution in [1.82, 2.24) is 9.78 Å². The summed E-state index contributed by atoms with van der Waals surface area (Å²) in [4.78, 5) is 12.6. The van der Waals surface area contributed by atoms with E-state index in [4.69, 9.17) is 0 Å². The van der Waals surface area contributed by atoms with Crippen molar-refractivity contribution in [3.8, 4) is 0 Å². The van der Waals surface area contributed by atoms with Gasteiger partial charge in [-0.15, -0.1) is 11.3 Å². The molecule has 2 heterocycles. The highest BCUT2D eigenvalue weighted by Gasteiger charge is 2.05. The molecular weight excluding hydrogens is 300 g/mol. The Morgan fingerprint density at radius 3 is 2.82 bits per heavy atom. The number of hydrogen-bond acceptors (Lipinski definition) is 3. The van der Waals surface area contributed by atoms with Gasteiger partial charge >= 0.3 is 0 Å². The molecule has 0 bridgehead atoms. The Kier molecular flexibility index (Phi) is 3.59. The van der Waals surface area contributed by atoms with Crippen molar-refractivity contribution in [2.75, 3.05) is 0 Å². The number of rotatable bonds is 3. The standard InChI is InChI=1S/C12H11BrN2OS/c1-8-9(7-15(2)14-8)3-4-10(16)11-5-6-12(13)17-11/h3-7H,1-2H3. The number of carbonyl (C=O) groups is 1. The molecule has 0 atom stereocenters. The molecule has 0 saturated heterocycles. The topological polar surface area (TPSA) is 34.9 Å². The van der Waals surface area contributed by atoms with E-state index < -0.39 is 0 Å². The maximum Gasteiger partial charge on any atom is 0.195 e. The monoisotopic (exact) mass is 310 g/mol. The smallest absolute Gasteiger partial charge is 0.195 e. The second-order valence-electron chi connectivity index (χ2n) is 3.64. The van der Waals surface area contributed by atoms with Crippen molar-refractivity contribution >= 4 is 39.1 Å². The number of ketones is 1. The van der Waals surface area contributed by atoms with E-state index in [1.54, 1.807) is 16.8 Å². The molecule has 0 aliphatic carbocycles. The molecular formula is C12H11BrN2OS. The minimum absolute atomic E-state index is 0.0175. The molecule has 0 amide bonds. The van der Waals surface area contributed by atoms with E-state index >= 15 is 0 Å². The molecule has 2 aromatic rings. The summed E-state index contributed by atoms with van der Waals surface area (Å²) in [5.74, 6) is 0.0175. The van der Waals surface area contributed by atoms with E-state index in [1.165, 1.54) is 11.3 Å². The van der Waals surface area contributed by atoms with Crippen molar-refractivity contribution in [2.45, 2.75) is 6.92 Å². The van der Waals surface area contributed by atoms with Crippen molar-refractivity contribution in [2.24, 2.45) is 7.05 Å². The summed E-state index contributed by atoms with van der Waals surface area (Å²) in [7, 11) is 1.86. The first kappa shape index (κ1) is 12.3. The Morgan fingerprint density at radius 1 is 1.53 bits per heavy atom. The Labute approximate surface area is 112 Å². The molecule has 0 unspecified atom stereocenters. The summed E-state index contributed by atoms with van der Waals surface area (Å²) in [6, 6.07) is 3.69. The first-order valence-corrected chi connectivity index (χ1v) is 6.65. The Morgan fingerprint density at radius 2 is 2.29 bits per heavy atom. The van der Waals surface area contributed by atoms with E-state index in [9.17, 15) is 4.79 Å². The van der Waals surface area contributed by atoms with Gasteiger partial charge < -0.3 is 0 Å². The molecule has 2 aromatic heterocycles. The van der Waals surface area contributed by atoms with Gasteiger partial charge in [-0.3, -0.25) is 9.48 Å². The van der Waals surface area contributed by atoms with E-state index in [1.807, 2.05) is 32.3 Å². The highest BCUT2D eigenvalue weighted by molar-refractivity contribution is 9.11. The number of carbonyl (C=O) groups excluding carboxylic acids is 1. The predicted molar refractivity (Wildman–Crippen MR) is 73.3 cm³/mol. The van der Waals surface area contributed by atoms with Crippen LogP contribution in [0.3, 0.4) is 0 Å². The second-order valence-corrected chi connectivity index (χ2v) is 6.11. The fourth-order valence-electron chi connectivity index (χ4n) is 1.48. The average molecular weight is 311 g/mol. The van der Waals surface area contributed by atoms with Crippen LogP contribution in [0.25, 0.3) is 6.08 Å². The molecule has 88 valence electrons.